The Hall–Kier alpha value is -2.12. The molecule has 1 atom stereocenters. The highest BCUT2D eigenvalue weighted by atomic mass is 32.2. The number of amides is 1. The molecule has 0 fully saturated rings. The number of benzene rings is 1. The van der Waals surface area contributed by atoms with Crippen molar-refractivity contribution in [1.29, 1.82) is 0 Å². The molecule has 1 aliphatic rings. The lowest BCUT2D eigenvalue weighted by molar-refractivity contribution is -0.119. The fraction of sp³-hybridized carbons (Fsp3) is 0.409. The van der Waals surface area contributed by atoms with Crippen LogP contribution in [0.5, 0.6) is 0 Å². The number of carbonyl (C=O) groups excluding carboxylic acids is 1. The Morgan fingerprint density at radius 3 is 2.86 bits per heavy atom. The summed E-state index contributed by atoms with van der Waals surface area (Å²) in [4.78, 5) is 29.7. The van der Waals surface area contributed by atoms with Crippen LogP contribution in [0.15, 0.2) is 39.6 Å². The summed E-state index contributed by atoms with van der Waals surface area (Å²) in [5, 5.41) is 5.56. The molecule has 2 heterocycles. The Balaban J connectivity index is 1.42. The molecule has 5 nitrogen and oxygen atoms in total. The summed E-state index contributed by atoms with van der Waals surface area (Å²) in [7, 11) is 0. The maximum Gasteiger partial charge on any atom is 0.272 e. The van der Waals surface area contributed by atoms with Crippen LogP contribution in [0.3, 0.4) is 0 Å². The van der Waals surface area contributed by atoms with Gasteiger partial charge in [-0.25, -0.2) is 4.98 Å². The molecule has 2 aromatic heterocycles. The first-order valence-electron chi connectivity index (χ1n) is 10.1. The first kappa shape index (κ1) is 20.2. The molecule has 1 aliphatic carbocycles. The van der Waals surface area contributed by atoms with Crippen LogP contribution in [0.1, 0.15) is 49.4 Å². The van der Waals surface area contributed by atoms with Crippen molar-refractivity contribution in [2.24, 2.45) is 0 Å². The molecule has 152 valence electrons. The van der Waals surface area contributed by atoms with E-state index < -0.39 is 0 Å². The summed E-state index contributed by atoms with van der Waals surface area (Å²) in [6.07, 6.45) is 4.80. The molecular formula is C22H25N3O2S2. The zero-order valence-electron chi connectivity index (χ0n) is 16.7. The molecule has 0 saturated carbocycles. The van der Waals surface area contributed by atoms with Gasteiger partial charge in [-0.1, -0.05) is 30.0 Å². The summed E-state index contributed by atoms with van der Waals surface area (Å²) in [5.74, 6) is 0.180. The van der Waals surface area contributed by atoms with E-state index in [4.69, 9.17) is 0 Å². The predicted octanol–water partition coefficient (Wildman–Crippen LogP) is 4.33. The number of hydrogen-bond donors (Lipinski definition) is 1. The average molecular weight is 428 g/mol. The van der Waals surface area contributed by atoms with Crippen molar-refractivity contribution >= 4 is 39.2 Å². The number of hydrogen-bond acceptors (Lipinski definition) is 5. The molecule has 0 unspecified atom stereocenters. The zero-order valence-corrected chi connectivity index (χ0v) is 18.4. The molecule has 1 aromatic carbocycles. The molecular weight excluding hydrogens is 402 g/mol. The number of carbonyl (C=O) groups is 1. The minimum Gasteiger partial charge on any atom is -0.349 e. The summed E-state index contributed by atoms with van der Waals surface area (Å²) in [6, 6.07) is 8.39. The van der Waals surface area contributed by atoms with Crippen molar-refractivity contribution in [2.45, 2.75) is 57.3 Å². The number of aryl methyl sites for hydroxylation is 2. The van der Waals surface area contributed by atoms with Crippen LogP contribution in [-0.2, 0) is 24.2 Å². The van der Waals surface area contributed by atoms with Crippen LogP contribution in [0.2, 0.25) is 0 Å². The van der Waals surface area contributed by atoms with E-state index in [0.29, 0.717) is 21.9 Å². The van der Waals surface area contributed by atoms with Crippen LogP contribution < -0.4 is 10.9 Å². The Bertz CT molecular complexity index is 1100. The van der Waals surface area contributed by atoms with E-state index >= 15 is 0 Å². The Labute approximate surface area is 178 Å². The fourth-order valence-electron chi connectivity index (χ4n) is 3.83. The van der Waals surface area contributed by atoms with Crippen molar-refractivity contribution in [3.63, 3.8) is 0 Å². The summed E-state index contributed by atoms with van der Waals surface area (Å²) in [6.45, 7) is 4.48. The van der Waals surface area contributed by atoms with Gasteiger partial charge in [0.1, 0.15) is 4.70 Å². The summed E-state index contributed by atoms with van der Waals surface area (Å²) in [5.41, 5.74) is 4.69. The van der Waals surface area contributed by atoms with E-state index in [1.165, 1.54) is 47.1 Å². The number of thioether (sulfide) groups is 1. The number of fused-ring (bicyclic) bond motifs is 2. The van der Waals surface area contributed by atoms with Gasteiger partial charge in [0.25, 0.3) is 5.56 Å². The summed E-state index contributed by atoms with van der Waals surface area (Å²) >= 11 is 2.72. The van der Waals surface area contributed by atoms with Gasteiger partial charge in [0, 0.05) is 6.54 Å². The average Bonchev–Trinajstić information content (AvgIpc) is 3.21. The standard InChI is InChI=1S/C22H25N3O2S2/c1-3-25-21(27)20-18(10-11-28-20)24-22(25)29-13-19(26)23-14(2)16-9-8-15-6-4-5-7-17(15)12-16/h8-12,14H,3-7,13H2,1-2H3,(H,23,26)/t14-/m0/s1. The lowest BCUT2D eigenvalue weighted by atomic mass is 9.89. The molecule has 0 aliphatic heterocycles. The Morgan fingerprint density at radius 2 is 2.07 bits per heavy atom. The zero-order chi connectivity index (χ0) is 20.4. The van der Waals surface area contributed by atoms with E-state index in [2.05, 4.69) is 28.5 Å². The third kappa shape index (κ3) is 4.26. The van der Waals surface area contributed by atoms with Crippen LogP contribution in [-0.4, -0.2) is 21.2 Å². The van der Waals surface area contributed by atoms with Crippen molar-refractivity contribution in [1.82, 2.24) is 14.9 Å². The molecule has 29 heavy (non-hydrogen) atoms. The monoisotopic (exact) mass is 427 g/mol. The van der Waals surface area contributed by atoms with E-state index in [-0.39, 0.29) is 23.3 Å². The van der Waals surface area contributed by atoms with Crippen LogP contribution in [0, 0.1) is 0 Å². The van der Waals surface area contributed by atoms with Gasteiger partial charge in [-0.05, 0) is 67.7 Å². The molecule has 0 spiro atoms. The van der Waals surface area contributed by atoms with Gasteiger partial charge in [-0.2, -0.15) is 0 Å². The van der Waals surface area contributed by atoms with Crippen LogP contribution in [0.25, 0.3) is 10.2 Å². The highest BCUT2D eigenvalue weighted by molar-refractivity contribution is 7.99. The lowest BCUT2D eigenvalue weighted by Crippen LogP contribution is -2.29. The molecule has 3 aromatic rings. The first-order chi connectivity index (χ1) is 14.1. The maximum atomic E-state index is 12.6. The molecule has 0 radical (unpaired) electrons. The van der Waals surface area contributed by atoms with E-state index in [1.807, 2.05) is 25.3 Å². The minimum absolute atomic E-state index is 0.0298. The fourth-order valence-corrected chi connectivity index (χ4v) is 5.48. The van der Waals surface area contributed by atoms with Gasteiger partial charge in [-0.3, -0.25) is 14.2 Å². The van der Waals surface area contributed by atoms with Gasteiger partial charge in [-0.15, -0.1) is 11.3 Å². The van der Waals surface area contributed by atoms with Gasteiger partial charge in [0.2, 0.25) is 5.91 Å². The molecule has 0 bridgehead atoms. The molecule has 1 N–H and O–H groups in total. The van der Waals surface area contributed by atoms with E-state index in [0.717, 1.165) is 18.4 Å². The van der Waals surface area contributed by atoms with Gasteiger partial charge >= 0.3 is 0 Å². The number of rotatable bonds is 6. The Morgan fingerprint density at radius 1 is 1.28 bits per heavy atom. The van der Waals surface area contributed by atoms with Crippen LogP contribution in [0.4, 0.5) is 0 Å². The second-order valence-corrected chi connectivity index (χ2v) is 9.25. The van der Waals surface area contributed by atoms with Gasteiger partial charge in [0.05, 0.1) is 17.3 Å². The summed E-state index contributed by atoms with van der Waals surface area (Å²) < 4.78 is 2.31. The van der Waals surface area contributed by atoms with Crippen molar-refractivity contribution in [3.05, 3.63) is 56.7 Å². The number of thiophene rings is 1. The second-order valence-electron chi connectivity index (χ2n) is 7.39. The molecule has 7 heteroatoms. The number of nitrogens with one attached hydrogen (secondary N) is 1. The third-order valence-corrected chi connectivity index (χ3v) is 7.30. The predicted molar refractivity (Wildman–Crippen MR) is 120 cm³/mol. The van der Waals surface area contributed by atoms with E-state index in [1.54, 1.807) is 4.57 Å². The normalized spacial score (nSPS) is 14.6. The topological polar surface area (TPSA) is 64.0 Å². The van der Waals surface area contributed by atoms with Crippen LogP contribution >= 0.6 is 23.1 Å². The minimum atomic E-state index is -0.0532. The SMILES string of the molecule is CCn1c(SCC(=O)N[C@@H](C)c2ccc3c(c2)CCCC3)nc2ccsc2c1=O. The lowest BCUT2D eigenvalue weighted by Gasteiger charge is -2.20. The molecule has 0 saturated heterocycles. The van der Waals surface area contributed by atoms with Crippen molar-refractivity contribution in [3.8, 4) is 0 Å². The highest BCUT2D eigenvalue weighted by Crippen LogP contribution is 2.25. The second kappa shape index (κ2) is 8.71. The largest absolute Gasteiger partial charge is 0.349 e. The quantitative estimate of drug-likeness (QED) is 0.470. The third-order valence-electron chi connectivity index (χ3n) is 5.43. The smallest absolute Gasteiger partial charge is 0.272 e. The Kier molecular flexibility index (Phi) is 6.06. The first-order valence-corrected chi connectivity index (χ1v) is 11.9. The number of aromatic nitrogens is 2. The van der Waals surface area contributed by atoms with Crippen molar-refractivity contribution < 1.29 is 4.79 Å². The van der Waals surface area contributed by atoms with Gasteiger partial charge < -0.3 is 5.32 Å². The van der Waals surface area contributed by atoms with Crippen molar-refractivity contribution in [2.75, 3.05) is 5.75 Å². The highest BCUT2D eigenvalue weighted by Gasteiger charge is 2.16. The van der Waals surface area contributed by atoms with Gasteiger partial charge in [0.15, 0.2) is 5.16 Å². The van der Waals surface area contributed by atoms with E-state index in [9.17, 15) is 9.59 Å². The molecule has 1 amide bonds. The maximum absolute atomic E-state index is 12.6. The molecule has 4 rings (SSSR count). The number of nitrogens with zero attached hydrogens (tertiary/aromatic N) is 2.